The Morgan fingerprint density at radius 1 is 1.00 bits per heavy atom. The van der Waals surface area contributed by atoms with Crippen LogP contribution >= 0.6 is 0 Å². The van der Waals surface area contributed by atoms with E-state index in [1.165, 1.54) is 19.3 Å². The van der Waals surface area contributed by atoms with Gasteiger partial charge in [0.05, 0.1) is 0 Å². The van der Waals surface area contributed by atoms with Gasteiger partial charge in [0.15, 0.2) is 0 Å². The van der Waals surface area contributed by atoms with Gasteiger partial charge in [0.25, 0.3) is 0 Å². The monoisotopic (exact) mass is 373 g/mol. The van der Waals surface area contributed by atoms with Crippen LogP contribution < -0.4 is 4.72 Å². The minimum Gasteiger partial charge on any atom is -0.281 e. The molecule has 0 aromatic heterocycles. The minimum absolute atomic E-state index is 0.0698. The average Bonchev–Trinajstić information content (AvgIpc) is 2.32. The molecule has 0 heterocycles. The molecule has 0 spiro atoms. The lowest BCUT2D eigenvalue weighted by Gasteiger charge is -2.56. The quantitative estimate of drug-likeness (QED) is 0.689. The minimum atomic E-state index is -5.75. The maximum Gasteiger partial charge on any atom is 0.384 e. The number of sulfonamides is 1. The summed E-state index contributed by atoms with van der Waals surface area (Å²) in [7, 11) is -10.3. The van der Waals surface area contributed by atoms with Crippen molar-refractivity contribution in [2.75, 3.05) is 12.3 Å². The molecular weight excluding hydrogens is 352 g/mol. The largest absolute Gasteiger partial charge is 0.384 e. The van der Waals surface area contributed by atoms with Crippen molar-refractivity contribution in [2.24, 2.45) is 23.2 Å². The van der Waals surface area contributed by atoms with E-state index in [1.807, 2.05) is 0 Å². The Morgan fingerprint density at radius 2 is 1.43 bits per heavy atom. The molecule has 134 valence electrons. The lowest BCUT2D eigenvalue weighted by molar-refractivity contribution is -0.0487. The zero-order chi connectivity index (χ0) is 17.1. The van der Waals surface area contributed by atoms with Crippen molar-refractivity contribution in [3.8, 4) is 0 Å². The van der Waals surface area contributed by atoms with Gasteiger partial charge in [-0.25, -0.2) is 13.1 Å². The summed E-state index contributed by atoms with van der Waals surface area (Å²) in [6.45, 7) is 0.0698. The first kappa shape index (κ1) is 17.5. The number of hydrogen-bond acceptors (Lipinski definition) is 4. The lowest BCUT2D eigenvalue weighted by atomic mass is 9.50. The summed E-state index contributed by atoms with van der Waals surface area (Å²) in [5.41, 5.74) is -0.185. The molecule has 4 rings (SSSR count). The number of rotatable bonds is 6. The summed E-state index contributed by atoms with van der Waals surface area (Å²) in [5.74, 6) is -0.189. The standard InChI is InChI=1S/C13H21F2NO5S2/c14-13(15,23(19,20)21)8-22(17,18)16-7-12-4-9-1-10(5-12)3-11(2-9)6-12/h9-11,16H,1-8H2,(H,19,20,21). The Labute approximate surface area is 134 Å². The van der Waals surface area contributed by atoms with E-state index in [0.717, 1.165) is 19.3 Å². The van der Waals surface area contributed by atoms with Crippen molar-refractivity contribution in [1.29, 1.82) is 0 Å². The Balaban J connectivity index is 1.66. The van der Waals surface area contributed by atoms with Gasteiger partial charge in [-0.15, -0.1) is 0 Å². The summed E-state index contributed by atoms with van der Waals surface area (Å²) in [6, 6.07) is 0. The highest BCUT2D eigenvalue weighted by atomic mass is 32.2. The molecule has 2 N–H and O–H groups in total. The summed E-state index contributed by atoms with van der Waals surface area (Å²) in [6.07, 6.45) is 6.22. The molecule has 4 saturated carbocycles. The van der Waals surface area contributed by atoms with E-state index < -0.39 is 31.1 Å². The van der Waals surface area contributed by atoms with Crippen molar-refractivity contribution in [1.82, 2.24) is 4.72 Å². The summed E-state index contributed by atoms with van der Waals surface area (Å²) >= 11 is 0. The Hall–Kier alpha value is -0.320. The Bertz CT molecular complexity index is 654. The molecule has 10 heteroatoms. The predicted octanol–water partition coefficient (Wildman–Crippen LogP) is 1.60. The molecule has 6 nitrogen and oxygen atoms in total. The molecule has 0 aromatic rings. The third kappa shape index (κ3) is 3.54. The first-order valence-electron chi connectivity index (χ1n) is 7.72. The fraction of sp³-hybridized carbons (Fsp3) is 1.00. The zero-order valence-electron chi connectivity index (χ0n) is 12.5. The van der Waals surface area contributed by atoms with Crippen LogP contribution in [-0.4, -0.2) is 38.9 Å². The molecule has 0 radical (unpaired) electrons. The van der Waals surface area contributed by atoms with E-state index in [4.69, 9.17) is 4.55 Å². The van der Waals surface area contributed by atoms with Crippen LogP contribution in [0.2, 0.25) is 0 Å². The molecule has 0 amide bonds. The van der Waals surface area contributed by atoms with E-state index >= 15 is 0 Å². The van der Waals surface area contributed by atoms with Crippen molar-refractivity contribution in [3.05, 3.63) is 0 Å². The van der Waals surface area contributed by atoms with Gasteiger partial charge in [0.2, 0.25) is 10.0 Å². The normalized spacial score (nSPS) is 37.3. The van der Waals surface area contributed by atoms with Crippen molar-refractivity contribution < 1.29 is 30.2 Å². The van der Waals surface area contributed by atoms with Gasteiger partial charge in [-0.1, -0.05) is 0 Å². The van der Waals surface area contributed by atoms with E-state index in [2.05, 4.69) is 4.72 Å². The summed E-state index contributed by atoms with van der Waals surface area (Å²) < 4.78 is 81.9. The topological polar surface area (TPSA) is 101 Å². The van der Waals surface area contributed by atoms with E-state index in [-0.39, 0.29) is 12.0 Å². The van der Waals surface area contributed by atoms with Crippen LogP contribution in [0.15, 0.2) is 0 Å². The average molecular weight is 373 g/mol. The van der Waals surface area contributed by atoms with Crippen LogP contribution in [-0.2, 0) is 20.1 Å². The lowest BCUT2D eigenvalue weighted by Crippen LogP contribution is -2.52. The molecule has 0 saturated heterocycles. The molecule has 4 bridgehead atoms. The fourth-order valence-electron chi connectivity index (χ4n) is 5.12. The van der Waals surface area contributed by atoms with Gasteiger partial charge in [-0.05, 0) is 61.7 Å². The Kier molecular flexibility index (Phi) is 4.06. The molecule has 0 atom stereocenters. The molecule has 23 heavy (non-hydrogen) atoms. The van der Waals surface area contributed by atoms with Crippen LogP contribution in [0.4, 0.5) is 8.78 Å². The molecule has 4 aliphatic rings. The summed E-state index contributed by atoms with van der Waals surface area (Å²) in [5, 5.41) is -4.71. The third-order valence-corrected chi connectivity index (χ3v) is 7.98. The second kappa shape index (κ2) is 5.34. The van der Waals surface area contributed by atoms with Crippen molar-refractivity contribution >= 4 is 20.1 Å². The summed E-state index contributed by atoms with van der Waals surface area (Å²) in [4.78, 5) is 0. The molecule has 4 aliphatic carbocycles. The fourth-order valence-corrected chi connectivity index (χ4v) is 7.25. The highest BCUT2D eigenvalue weighted by molar-refractivity contribution is 7.92. The highest BCUT2D eigenvalue weighted by Crippen LogP contribution is 2.59. The van der Waals surface area contributed by atoms with Crippen LogP contribution in [0.3, 0.4) is 0 Å². The Morgan fingerprint density at radius 3 is 1.83 bits per heavy atom. The van der Waals surface area contributed by atoms with Crippen molar-refractivity contribution in [3.63, 3.8) is 0 Å². The van der Waals surface area contributed by atoms with Crippen LogP contribution in [0, 0.1) is 23.2 Å². The van der Waals surface area contributed by atoms with Crippen LogP contribution in [0.5, 0.6) is 0 Å². The maximum absolute atomic E-state index is 13.3. The number of nitrogens with one attached hydrogen (secondary N) is 1. The second-order valence-corrected chi connectivity index (χ2v) is 11.0. The van der Waals surface area contributed by atoms with E-state index in [0.29, 0.717) is 17.8 Å². The molecule has 4 fully saturated rings. The van der Waals surface area contributed by atoms with Gasteiger partial charge < -0.3 is 0 Å². The number of alkyl halides is 2. The first-order valence-corrected chi connectivity index (χ1v) is 10.8. The second-order valence-electron chi connectivity index (χ2n) is 7.61. The molecule has 0 aromatic carbocycles. The van der Waals surface area contributed by atoms with Gasteiger partial charge in [0.1, 0.15) is 5.75 Å². The van der Waals surface area contributed by atoms with Crippen LogP contribution in [0.25, 0.3) is 0 Å². The third-order valence-electron chi connectivity index (χ3n) is 5.57. The maximum atomic E-state index is 13.3. The smallest absolute Gasteiger partial charge is 0.281 e. The number of halogens is 2. The van der Waals surface area contributed by atoms with Gasteiger partial charge in [-0.2, -0.15) is 17.2 Å². The molecule has 0 unspecified atom stereocenters. The highest BCUT2D eigenvalue weighted by Gasteiger charge is 2.52. The predicted molar refractivity (Wildman–Crippen MR) is 78.9 cm³/mol. The number of hydrogen-bond donors (Lipinski definition) is 2. The van der Waals surface area contributed by atoms with Gasteiger partial charge >= 0.3 is 15.4 Å². The van der Waals surface area contributed by atoms with E-state index in [9.17, 15) is 25.6 Å². The molecular formula is C13H21F2NO5S2. The van der Waals surface area contributed by atoms with Gasteiger partial charge in [-0.3, -0.25) is 4.55 Å². The van der Waals surface area contributed by atoms with Gasteiger partial charge in [0, 0.05) is 6.54 Å². The van der Waals surface area contributed by atoms with E-state index in [1.54, 1.807) is 0 Å². The first-order chi connectivity index (χ1) is 10.4. The molecule has 0 aliphatic heterocycles. The SMILES string of the molecule is O=S(=O)(CC(F)(F)S(=O)(=O)O)NCC12CC3CC(CC(C3)C1)C2. The van der Waals surface area contributed by atoms with Crippen LogP contribution in [0.1, 0.15) is 38.5 Å². The zero-order valence-corrected chi connectivity index (χ0v) is 14.2. The van der Waals surface area contributed by atoms with Crippen molar-refractivity contribution in [2.45, 2.75) is 43.8 Å².